The average Bonchev–Trinajstić information content (AvgIpc) is 2.85. The fraction of sp³-hybridized carbons (Fsp3) is 0.125. The lowest BCUT2D eigenvalue weighted by atomic mass is 10.1. The molecular formula is C16H10F3NO3. The van der Waals surface area contributed by atoms with Crippen LogP contribution in [0.3, 0.4) is 0 Å². The second-order valence-electron chi connectivity index (χ2n) is 4.80. The van der Waals surface area contributed by atoms with Crippen LogP contribution in [0.2, 0.25) is 0 Å². The van der Waals surface area contributed by atoms with Crippen molar-refractivity contribution in [3.8, 4) is 5.75 Å². The number of hydrogen-bond acceptors (Lipinski definition) is 4. The van der Waals surface area contributed by atoms with Crippen molar-refractivity contribution in [3.05, 3.63) is 59.5 Å². The van der Waals surface area contributed by atoms with Crippen LogP contribution >= 0.6 is 0 Å². The zero-order valence-electron chi connectivity index (χ0n) is 11.8. The lowest BCUT2D eigenvalue weighted by molar-refractivity contribution is -0.138. The minimum Gasteiger partial charge on any atom is -0.441 e. The number of halogens is 3. The molecule has 0 fully saturated rings. The van der Waals surface area contributed by atoms with Crippen LogP contribution in [0.5, 0.6) is 5.75 Å². The number of rotatable bonds is 2. The molecule has 4 nitrogen and oxygen atoms in total. The largest absolute Gasteiger partial charge is 0.441 e. The minimum atomic E-state index is -4.64. The first-order valence-electron chi connectivity index (χ1n) is 6.60. The summed E-state index contributed by atoms with van der Waals surface area (Å²) in [6.07, 6.45) is -4.64. The molecule has 0 atom stereocenters. The van der Waals surface area contributed by atoms with Crippen molar-refractivity contribution in [2.45, 2.75) is 13.1 Å². The lowest BCUT2D eigenvalue weighted by Gasteiger charge is -2.11. The topological polar surface area (TPSA) is 52.3 Å². The third-order valence-corrected chi connectivity index (χ3v) is 3.13. The number of ether oxygens (including phenoxy) is 1. The Morgan fingerprint density at radius 2 is 1.91 bits per heavy atom. The molecule has 0 amide bonds. The Morgan fingerprint density at radius 1 is 1.17 bits per heavy atom. The summed E-state index contributed by atoms with van der Waals surface area (Å²) in [6, 6.07) is 8.86. The van der Waals surface area contributed by atoms with Crippen molar-refractivity contribution in [1.29, 1.82) is 0 Å². The number of carbonyl (C=O) groups excluding carboxylic acids is 1. The van der Waals surface area contributed by atoms with E-state index in [4.69, 9.17) is 9.15 Å². The smallest absolute Gasteiger partial charge is 0.417 e. The normalized spacial score (nSPS) is 11.7. The SMILES string of the molecule is Cc1nc2cc(OC(=O)c3ccccc3C(F)(F)F)ccc2o1. The standard InChI is InChI=1S/C16H10F3NO3/c1-9-20-13-8-10(6-7-14(13)22-9)23-15(21)11-4-2-3-5-12(11)16(17,18)19/h2-8H,1H3. The molecule has 23 heavy (non-hydrogen) atoms. The predicted octanol–water partition coefficient (Wildman–Crippen LogP) is 4.37. The van der Waals surface area contributed by atoms with E-state index in [1.165, 1.54) is 30.3 Å². The Hall–Kier alpha value is -2.83. The number of fused-ring (bicyclic) bond motifs is 1. The van der Waals surface area contributed by atoms with E-state index in [0.29, 0.717) is 17.0 Å². The maximum Gasteiger partial charge on any atom is 0.417 e. The maximum absolute atomic E-state index is 12.9. The summed E-state index contributed by atoms with van der Waals surface area (Å²) in [7, 11) is 0. The Kier molecular flexibility index (Phi) is 3.55. The highest BCUT2D eigenvalue weighted by Gasteiger charge is 2.35. The van der Waals surface area contributed by atoms with Crippen LogP contribution in [-0.2, 0) is 6.18 Å². The molecule has 1 aromatic heterocycles. The van der Waals surface area contributed by atoms with E-state index in [1.54, 1.807) is 6.92 Å². The van der Waals surface area contributed by atoms with Crippen molar-refractivity contribution >= 4 is 17.1 Å². The number of aryl methyl sites for hydroxylation is 1. The molecule has 118 valence electrons. The van der Waals surface area contributed by atoms with E-state index < -0.39 is 23.3 Å². The molecule has 0 bridgehead atoms. The van der Waals surface area contributed by atoms with Crippen molar-refractivity contribution < 1.29 is 27.1 Å². The molecule has 7 heteroatoms. The van der Waals surface area contributed by atoms with Crippen LogP contribution in [-0.4, -0.2) is 11.0 Å². The van der Waals surface area contributed by atoms with E-state index in [2.05, 4.69) is 4.98 Å². The third kappa shape index (κ3) is 3.03. The van der Waals surface area contributed by atoms with Crippen LogP contribution < -0.4 is 4.74 Å². The number of oxazole rings is 1. The van der Waals surface area contributed by atoms with Crippen LogP contribution in [0.25, 0.3) is 11.1 Å². The molecule has 0 N–H and O–H groups in total. The highest BCUT2D eigenvalue weighted by Crippen LogP contribution is 2.32. The zero-order valence-corrected chi connectivity index (χ0v) is 11.8. The average molecular weight is 321 g/mol. The van der Waals surface area contributed by atoms with Gasteiger partial charge in [-0.15, -0.1) is 0 Å². The molecule has 3 aromatic rings. The zero-order chi connectivity index (χ0) is 16.6. The predicted molar refractivity (Wildman–Crippen MR) is 75.1 cm³/mol. The maximum atomic E-state index is 12.9. The highest BCUT2D eigenvalue weighted by molar-refractivity contribution is 5.93. The molecule has 2 aromatic carbocycles. The Balaban J connectivity index is 1.92. The van der Waals surface area contributed by atoms with Gasteiger partial charge >= 0.3 is 12.1 Å². The first kappa shape index (κ1) is 15.1. The Morgan fingerprint density at radius 3 is 2.65 bits per heavy atom. The van der Waals surface area contributed by atoms with E-state index >= 15 is 0 Å². The Labute approximate surface area is 128 Å². The molecule has 0 radical (unpaired) electrons. The number of hydrogen-bond donors (Lipinski definition) is 0. The summed E-state index contributed by atoms with van der Waals surface area (Å²) in [6.45, 7) is 1.66. The minimum absolute atomic E-state index is 0.0905. The molecule has 0 spiro atoms. The van der Waals surface area contributed by atoms with Crippen molar-refractivity contribution in [2.24, 2.45) is 0 Å². The van der Waals surface area contributed by atoms with E-state index in [-0.39, 0.29) is 5.75 Å². The quantitative estimate of drug-likeness (QED) is 0.519. The molecule has 0 saturated heterocycles. The van der Waals surface area contributed by atoms with Crippen LogP contribution in [0.1, 0.15) is 21.8 Å². The highest BCUT2D eigenvalue weighted by atomic mass is 19.4. The van der Waals surface area contributed by atoms with Gasteiger partial charge < -0.3 is 9.15 Å². The van der Waals surface area contributed by atoms with E-state index in [1.807, 2.05) is 0 Å². The summed E-state index contributed by atoms with van der Waals surface area (Å²) < 4.78 is 49.1. The number of esters is 1. The van der Waals surface area contributed by atoms with Gasteiger partial charge in [-0.2, -0.15) is 13.2 Å². The van der Waals surface area contributed by atoms with Gasteiger partial charge in [0.05, 0.1) is 11.1 Å². The van der Waals surface area contributed by atoms with Gasteiger partial charge in [-0.05, 0) is 24.3 Å². The first-order chi connectivity index (χ1) is 10.8. The molecule has 0 aliphatic heterocycles. The summed E-state index contributed by atoms with van der Waals surface area (Å²) >= 11 is 0. The van der Waals surface area contributed by atoms with Gasteiger partial charge in [0, 0.05) is 13.0 Å². The fourth-order valence-electron chi connectivity index (χ4n) is 2.16. The first-order valence-corrected chi connectivity index (χ1v) is 6.60. The number of nitrogens with zero attached hydrogens (tertiary/aromatic N) is 1. The monoisotopic (exact) mass is 321 g/mol. The van der Waals surface area contributed by atoms with Gasteiger partial charge in [0.1, 0.15) is 11.3 Å². The summed E-state index contributed by atoms with van der Waals surface area (Å²) in [5.74, 6) is -0.559. The van der Waals surface area contributed by atoms with Crippen molar-refractivity contribution in [2.75, 3.05) is 0 Å². The van der Waals surface area contributed by atoms with Crippen molar-refractivity contribution in [3.63, 3.8) is 0 Å². The van der Waals surface area contributed by atoms with E-state index in [0.717, 1.165) is 12.1 Å². The summed E-state index contributed by atoms with van der Waals surface area (Å²) in [5.41, 5.74) is -0.630. The van der Waals surface area contributed by atoms with E-state index in [9.17, 15) is 18.0 Å². The van der Waals surface area contributed by atoms with Gasteiger partial charge in [0.25, 0.3) is 0 Å². The Bertz CT molecular complexity index is 884. The van der Waals surface area contributed by atoms with Crippen LogP contribution in [0.15, 0.2) is 46.9 Å². The van der Waals surface area contributed by atoms with Crippen LogP contribution in [0.4, 0.5) is 13.2 Å². The van der Waals surface area contributed by atoms with Gasteiger partial charge in [-0.1, -0.05) is 12.1 Å². The van der Waals surface area contributed by atoms with Gasteiger partial charge in [0.2, 0.25) is 0 Å². The van der Waals surface area contributed by atoms with Crippen molar-refractivity contribution in [1.82, 2.24) is 4.98 Å². The fourth-order valence-corrected chi connectivity index (χ4v) is 2.16. The molecular weight excluding hydrogens is 311 g/mol. The van der Waals surface area contributed by atoms with Gasteiger partial charge in [0.15, 0.2) is 11.5 Å². The summed E-state index contributed by atoms with van der Waals surface area (Å²) in [4.78, 5) is 16.1. The summed E-state index contributed by atoms with van der Waals surface area (Å²) in [5, 5.41) is 0. The van der Waals surface area contributed by atoms with Gasteiger partial charge in [-0.25, -0.2) is 9.78 Å². The molecule has 0 aliphatic rings. The molecule has 0 aliphatic carbocycles. The molecule has 1 heterocycles. The molecule has 0 saturated carbocycles. The number of alkyl halides is 3. The van der Waals surface area contributed by atoms with Crippen LogP contribution in [0, 0.1) is 6.92 Å². The second-order valence-corrected chi connectivity index (χ2v) is 4.80. The third-order valence-electron chi connectivity index (χ3n) is 3.13. The van der Waals surface area contributed by atoms with Gasteiger partial charge in [-0.3, -0.25) is 0 Å². The number of carbonyl (C=O) groups is 1. The number of aromatic nitrogens is 1. The molecule has 0 unspecified atom stereocenters. The second kappa shape index (κ2) is 5.42. The number of benzene rings is 2. The lowest BCUT2D eigenvalue weighted by Crippen LogP contribution is -2.16. The molecule has 3 rings (SSSR count).